The van der Waals surface area contributed by atoms with E-state index < -0.39 is 0 Å². The van der Waals surface area contributed by atoms with Crippen LogP contribution in [0.25, 0.3) is 32.7 Å². The Hall–Kier alpha value is -3.91. The van der Waals surface area contributed by atoms with Gasteiger partial charge in [0.1, 0.15) is 0 Å². The lowest BCUT2D eigenvalue weighted by Crippen LogP contribution is -2.33. The highest BCUT2D eigenvalue weighted by atomic mass is 35.5. The molecule has 192 valence electrons. The maximum Gasteiger partial charge on any atom is 0.0406 e. The molecule has 2 heteroatoms. The molecular weight excluding hydrogens is 494 g/mol. The van der Waals surface area contributed by atoms with Crippen molar-refractivity contribution in [3.8, 4) is 11.1 Å². The Labute approximate surface area is 236 Å². The average molecular weight is 526 g/mol. The predicted molar refractivity (Wildman–Crippen MR) is 168 cm³/mol. The molecule has 6 aromatic rings. The van der Waals surface area contributed by atoms with Crippen LogP contribution in [0, 0.1) is 0 Å². The van der Waals surface area contributed by atoms with Crippen molar-refractivity contribution in [1.29, 1.82) is 0 Å². The number of hydrogen-bond acceptors (Lipinski definition) is 1. The fourth-order valence-electron chi connectivity index (χ4n) is 5.56. The van der Waals surface area contributed by atoms with Crippen LogP contribution in [0.3, 0.4) is 0 Å². The summed E-state index contributed by atoms with van der Waals surface area (Å²) in [7, 11) is 0. The van der Waals surface area contributed by atoms with Gasteiger partial charge in [-0.1, -0.05) is 121 Å². The standard InChI is InChI=1S/C37H32ClN/c1-26(39-25-28-13-14-29-8-2-4-10-32(29)22-28)37(31-17-19-36(38)20-18-31)23-27-7-6-12-33(21-27)35-16-15-30-9-3-5-11-34(30)24-35/h2-22,24,26,37,39H,23,25H2,1H3. The van der Waals surface area contributed by atoms with Crippen LogP contribution in [0.2, 0.25) is 5.02 Å². The number of rotatable bonds is 8. The highest BCUT2D eigenvalue weighted by Crippen LogP contribution is 2.30. The van der Waals surface area contributed by atoms with Gasteiger partial charge in [0, 0.05) is 23.5 Å². The number of halogens is 1. The molecule has 0 aliphatic rings. The van der Waals surface area contributed by atoms with Gasteiger partial charge in [0.25, 0.3) is 0 Å². The Kier molecular flexibility index (Phi) is 7.45. The van der Waals surface area contributed by atoms with E-state index in [2.05, 4.69) is 134 Å². The predicted octanol–water partition coefficient (Wildman–Crippen LogP) is 9.82. The normalized spacial score (nSPS) is 13.0. The first-order valence-electron chi connectivity index (χ1n) is 13.7. The molecule has 2 atom stereocenters. The highest BCUT2D eigenvalue weighted by Gasteiger charge is 2.20. The van der Waals surface area contributed by atoms with Crippen molar-refractivity contribution >= 4 is 33.1 Å². The molecule has 0 amide bonds. The summed E-state index contributed by atoms with van der Waals surface area (Å²) in [6.45, 7) is 3.13. The van der Waals surface area contributed by atoms with Crippen LogP contribution < -0.4 is 5.32 Å². The van der Waals surface area contributed by atoms with Crippen molar-refractivity contribution in [2.45, 2.75) is 31.8 Å². The third kappa shape index (κ3) is 5.91. The zero-order valence-electron chi connectivity index (χ0n) is 22.1. The molecule has 0 radical (unpaired) electrons. The topological polar surface area (TPSA) is 12.0 Å². The molecule has 0 aliphatic heterocycles. The largest absolute Gasteiger partial charge is 0.310 e. The molecule has 0 aliphatic carbocycles. The third-order valence-corrected chi connectivity index (χ3v) is 8.06. The number of fused-ring (bicyclic) bond motifs is 2. The quantitative estimate of drug-likeness (QED) is 0.208. The zero-order valence-corrected chi connectivity index (χ0v) is 22.9. The van der Waals surface area contributed by atoms with Crippen LogP contribution in [-0.2, 0) is 13.0 Å². The Bertz CT molecular complexity index is 1720. The van der Waals surface area contributed by atoms with Gasteiger partial charge in [0.2, 0.25) is 0 Å². The molecule has 0 saturated carbocycles. The molecule has 0 fully saturated rings. The molecular formula is C37H32ClN. The van der Waals surface area contributed by atoms with E-state index in [-0.39, 0.29) is 6.04 Å². The first-order chi connectivity index (χ1) is 19.1. The summed E-state index contributed by atoms with van der Waals surface area (Å²) in [5, 5.41) is 9.70. The van der Waals surface area contributed by atoms with Crippen molar-refractivity contribution in [1.82, 2.24) is 5.32 Å². The number of benzene rings is 6. The van der Waals surface area contributed by atoms with Gasteiger partial charge >= 0.3 is 0 Å². The van der Waals surface area contributed by atoms with E-state index in [0.717, 1.165) is 18.0 Å². The Balaban J connectivity index is 1.25. The summed E-state index contributed by atoms with van der Waals surface area (Å²) in [5.41, 5.74) is 6.44. The van der Waals surface area contributed by atoms with E-state index in [9.17, 15) is 0 Å². The second kappa shape index (κ2) is 11.5. The van der Waals surface area contributed by atoms with Crippen molar-refractivity contribution < 1.29 is 0 Å². The second-order valence-corrected chi connectivity index (χ2v) is 10.9. The number of hydrogen-bond donors (Lipinski definition) is 1. The maximum atomic E-state index is 6.26. The average Bonchev–Trinajstić information content (AvgIpc) is 2.99. The second-order valence-electron chi connectivity index (χ2n) is 10.5. The van der Waals surface area contributed by atoms with E-state index >= 15 is 0 Å². The summed E-state index contributed by atoms with van der Waals surface area (Å²) in [5.74, 6) is 0.301. The van der Waals surface area contributed by atoms with Crippen molar-refractivity contribution in [2.24, 2.45) is 0 Å². The minimum atomic E-state index is 0.266. The molecule has 6 rings (SSSR count). The molecule has 0 aromatic heterocycles. The summed E-state index contributed by atoms with van der Waals surface area (Å²) in [4.78, 5) is 0. The molecule has 1 nitrogen and oxygen atoms in total. The summed E-state index contributed by atoms with van der Waals surface area (Å²) < 4.78 is 0. The van der Waals surface area contributed by atoms with Gasteiger partial charge in [-0.15, -0.1) is 0 Å². The van der Waals surface area contributed by atoms with Crippen molar-refractivity contribution in [3.63, 3.8) is 0 Å². The Morgan fingerprint density at radius 2 is 1.21 bits per heavy atom. The molecule has 0 spiro atoms. The lowest BCUT2D eigenvalue weighted by molar-refractivity contribution is 0.455. The van der Waals surface area contributed by atoms with Gasteiger partial charge < -0.3 is 5.32 Å². The monoisotopic (exact) mass is 525 g/mol. The molecule has 6 aromatic carbocycles. The first kappa shape index (κ1) is 25.4. The fraction of sp³-hybridized carbons (Fsp3) is 0.135. The van der Waals surface area contributed by atoms with Crippen LogP contribution in [0.4, 0.5) is 0 Å². The Morgan fingerprint density at radius 1 is 0.564 bits per heavy atom. The van der Waals surface area contributed by atoms with Gasteiger partial charge in [-0.3, -0.25) is 0 Å². The minimum Gasteiger partial charge on any atom is -0.310 e. The highest BCUT2D eigenvalue weighted by molar-refractivity contribution is 6.30. The van der Waals surface area contributed by atoms with Gasteiger partial charge in [0.05, 0.1) is 0 Å². The van der Waals surface area contributed by atoms with Gasteiger partial charge in [-0.25, -0.2) is 0 Å². The van der Waals surface area contributed by atoms with Crippen LogP contribution in [0.1, 0.15) is 29.5 Å². The van der Waals surface area contributed by atoms with E-state index in [0.29, 0.717) is 5.92 Å². The maximum absolute atomic E-state index is 6.26. The van der Waals surface area contributed by atoms with Crippen LogP contribution in [0.5, 0.6) is 0 Å². The van der Waals surface area contributed by atoms with Crippen LogP contribution >= 0.6 is 11.6 Å². The minimum absolute atomic E-state index is 0.266. The van der Waals surface area contributed by atoms with Crippen molar-refractivity contribution in [3.05, 3.63) is 155 Å². The molecule has 1 N–H and O–H groups in total. The number of nitrogens with one attached hydrogen (secondary N) is 1. The van der Waals surface area contributed by atoms with Crippen LogP contribution in [0.15, 0.2) is 133 Å². The summed E-state index contributed by atoms with van der Waals surface area (Å²) >= 11 is 6.26. The lowest BCUT2D eigenvalue weighted by atomic mass is 9.85. The van der Waals surface area contributed by atoms with Gasteiger partial charge in [0.15, 0.2) is 0 Å². The van der Waals surface area contributed by atoms with E-state index in [4.69, 9.17) is 11.6 Å². The Morgan fingerprint density at radius 3 is 1.95 bits per heavy atom. The SMILES string of the molecule is CC(NCc1ccc2ccccc2c1)C(Cc1cccc(-c2ccc3ccccc3c2)c1)c1ccc(Cl)cc1. The smallest absolute Gasteiger partial charge is 0.0406 e. The summed E-state index contributed by atoms with van der Waals surface area (Å²) in [6, 6.07) is 48.2. The van der Waals surface area contributed by atoms with Crippen LogP contribution in [-0.4, -0.2) is 6.04 Å². The summed E-state index contributed by atoms with van der Waals surface area (Å²) in [6.07, 6.45) is 0.939. The molecule has 39 heavy (non-hydrogen) atoms. The first-order valence-corrected chi connectivity index (χ1v) is 14.0. The fourth-order valence-corrected chi connectivity index (χ4v) is 5.69. The third-order valence-electron chi connectivity index (χ3n) is 7.81. The molecule has 0 heterocycles. The molecule has 0 bridgehead atoms. The van der Waals surface area contributed by atoms with E-state index in [1.165, 1.54) is 49.4 Å². The molecule has 2 unspecified atom stereocenters. The van der Waals surface area contributed by atoms with Gasteiger partial charge in [-0.2, -0.15) is 0 Å². The molecule has 0 saturated heterocycles. The van der Waals surface area contributed by atoms with E-state index in [1.54, 1.807) is 0 Å². The zero-order chi connectivity index (χ0) is 26.6. The van der Waals surface area contributed by atoms with E-state index in [1.807, 2.05) is 12.1 Å². The lowest BCUT2D eigenvalue weighted by Gasteiger charge is -2.26. The van der Waals surface area contributed by atoms with Crippen molar-refractivity contribution in [2.75, 3.05) is 0 Å². The van der Waals surface area contributed by atoms with Gasteiger partial charge in [-0.05, 0) is 87.0 Å².